The molecule has 0 N–H and O–H groups in total. The number of ether oxygens (including phenoxy) is 4. The lowest BCUT2D eigenvalue weighted by Gasteiger charge is -2.26. The van der Waals surface area contributed by atoms with Gasteiger partial charge in [0.05, 0.1) is 13.2 Å². The van der Waals surface area contributed by atoms with Crippen molar-refractivity contribution in [3.8, 4) is 0 Å². The van der Waals surface area contributed by atoms with Crippen LogP contribution < -0.4 is 0 Å². The molecule has 0 rings (SSSR count). The van der Waals surface area contributed by atoms with Crippen molar-refractivity contribution < 1.29 is 38.1 Å². The summed E-state index contributed by atoms with van der Waals surface area (Å²) >= 11 is 0. The number of esters is 4. The highest BCUT2D eigenvalue weighted by Crippen LogP contribution is 2.14. The molecular formula is C14H22O8. The highest BCUT2D eigenvalue weighted by Gasteiger charge is 2.27. The van der Waals surface area contributed by atoms with E-state index in [9.17, 15) is 19.2 Å². The van der Waals surface area contributed by atoms with Gasteiger partial charge in [0.15, 0.2) is 0 Å². The molecule has 0 aromatic rings. The lowest BCUT2D eigenvalue weighted by atomic mass is 10.1. The molecule has 0 fully saturated rings. The number of carbonyl (C=O) groups excluding carboxylic acids is 4. The smallest absolute Gasteiger partial charge is 0.303 e. The molecule has 22 heavy (non-hydrogen) atoms. The lowest BCUT2D eigenvalue weighted by Crippen LogP contribution is -2.36. The van der Waals surface area contributed by atoms with Gasteiger partial charge in [0.25, 0.3) is 0 Å². The minimum atomic E-state index is -0.795. The van der Waals surface area contributed by atoms with E-state index < -0.39 is 36.1 Å². The Morgan fingerprint density at radius 1 is 0.636 bits per heavy atom. The average molecular weight is 318 g/mol. The van der Waals surface area contributed by atoms with Gasteiger partial charge in [0.1, 0.15) is 12.2 Å². The molecule has 8 nitrogen and oxygen atoms in total. The summed E-state index contributed by atoms with van der Waals surface area (Å²) in [7, 11) is 0. The molecule has 126 valence electrons. The number of rotatable bonds is 9. The minimum Gasteiger partial charge on any atom is -0.466 e. The maximum atomic E-state index is 11.2. The SMILES string of the molecule is CC(=O)OCCC(OC(C)=O)C(CCOC(C)=O)OC(C)=O. The number of carbonyl (C=O) groups is 4. The Bertz CT molecular complexity index is 366. The topological polar surface area (TPSA) is 105 Å². The molecule has 0 aliphatic rings. The van der Waals surface area contributed by atoms with Crippen molar-refractivity contribution in [2.24, 2.45) is 0 Å². The molecule has 0 aliphatic carbocycles. The third-order valence-electron chi connectivity index (χ3n) is 2.46. The van der Waals surface area contributed by atoms with Crippen LogP contribution in [0.3, 0.4) is 0 Å². The summed E-state index contributed by atoms with van der Waals surface area (Å²) in [6, 6.07) is 0. The maximum Gasteiger partial charge on any atom is 0.303 e. The number of hydrogen-bond donors (Lipinski definition) is 0. The predicted molar refractivity (Wildman–Crippen MR) is 73.6 cm³/mol. The van der Waals surface area contributed by atoms with Crippen molar-refractivity contribution in [3.05, 3.63) is 0 Å². The van der Waals surface area contributed by atoms with E-state index in [0.717, 1.165) is 0 Å². The van der Waals surface area contributed by atoms with Gasteiger partial charge in [-0.05, 0) is 0 Å². The van der Waals surface area contributed by atoms with Crippen molar-refractivity contribution >= 4 is 23.9 Å². The van der Waals surface area contributed by atoms with Crippen molar-refractivity contribution in [1.82, 2.24) is 0 Å². The van der Waals surface area contributed by atoms with E-state index in [1.807, 2.05) is 0 Å². The van der Waals surface area contributed by atoms with E-state index in [1.54, 1.807) is 0 Å². The fraction of sp³-hybridized carbons (Fsp3) is 0.714. The molecule has 0 aromatic carbocycles. The van der Waals surface area contributed by atoms with E-state index in [4.69, 9.17) is 18.9 Å². The van der Waals surface area contributed by atoms with Gasteiger partial charge in [-0.3, -0.25) is 19.2 Å². The fourth-order valence-corrected chi connectivity index (χ4v) is 1.71. The highest BCUT2D eigenvalue weighted by molar-refractivity contribution is 5.67. The summed E-state index contributed by atoms with van der Waals surface area (Å²) in [6.07, 6.45) is -1.26. The van der Waals surface area contributed by atoms with Crippen LogP contribution in [-0.4, -0.2) is 49.3 Å². The zero-order valence-electron chi connectivity index (χ0n) is 13.2. The Kier molecular flexibility index (Phi) is 9.56. The summed E-state index contributed by atoms with van der Waals surface area (Å²) in [6.45, 7) is 4.97. The van der Waals surface area contributed by atoms with Gasteiger partial charge in [-0.15, -0.1) is 0 Å². The van der Waals surface area contributed by atoms with Gasteiger partial charge in [-0.1, -0.05) is 0 Å². The van der Waals surface area contributed by atoms with Gasteiger partial charge in [-0.25, -0.2) is 0 Å². The quantitative estimate of drug-likeness (QED) is 0.453. The van der Waals surface area contributed by atoms with E-state index in [1.165, 1.54) is 27.7 Å². The molecule has 0 saturated carbocycles. The van der Waals surface area contributed by atoms with Gasteiger partial charge < -0.3 is 18.9 Å². The third-order valence-corrected chi connectivity index (χ3v) is 2.46. The molecule has 0 amide bonds. The van der Waals surface area contributed by atoms with Crippen LogP contribution in [0.5, 0.6) is 0 Å². The first-order valence-electron chi connectivity index (χ1n) is 6.83. The van der Waals surface area contributed by atoms with Crippen LogP contribution in [0.25, 0.3) is 0 Å². The van der Waals surface area contributed by atoms with E-state index in [0.29, 0.717) is 0 Å². The monoisotopic (exact) mass is 318 g/mol. The van der Waals surface area contributed by atoms with Gasteiger partial charge in [0, 0.05) is 40.5 Å². The Labute approximate surface area is 129 Å². The zero-order valence-corrected chi connectivity index (χ0v) is 13.2. The molecule has 0 spiro atoms. The molecule has 0 saturated heterocycles. The Morgan fingerprint density at radius 2 is 0.955 bits per heavy atom. The highest BCUT2D eigenvalue weighted by atomic mass is 16.6. The van der Waals surface area contributed by atoms with E-state index in [-0.39, 0.29) is 26.1 Å². The normalized spacial score (nSPS) is 12.7. The molecule has 0 bridgehead atoms. The summed E-state index contributed by atoms with van der Waals surface area (Å²) in [5.41, 5.74) is 0. The molecule has 2 unspecified atom stereocenters. The molecule has 0 aromatic heterocycles. The van der Waals surface area contributed by atoms with Crippen molar-refractivity contribution in [3.63, 3.8) is 0 Å². The summed E-state index contributed by atoms with van der Waals surface area (Å²) in [5, 5.41) is 0. The van der Waals surface area contributed by atoms with Crippen molar-refractivity contribution in [2.75, 3.05) is 13.2 Å². The van der Waals surface area contributed by atoms with Crippen LogP contribution in [0.2, 0.25) is 0 Å². The predicted octanol–water partition coefficient (Wildman–Crippen LogP) is 0.756. The summed E-state index contributed by atoms with van der Waals surface area (Å²) in [4.78, 5) is 43.9. The molecular weight excluding hydrogens is 296 g/mol. The minimum absolute atomic E-state index is 0.0125. The maximum absolute atomic E-state index is 11.2. The van der Waals surface area contributed by atoms with E-state index >= 15 is 0 Å². The first-order valence-corrected chi connectivity index (χ1v) is 6.83. The Morgan fingerprint density at radius 3 is 1.18 bits per heavy atom. The first-order chi connectivity index (χ1) is 10.2. The average Bonchev–Trinajstić information content (AvgIpc) is 2.34. The Balaban J connectivity index is 4.74. The zero-order chi connectivity index (χ0) is 17.1. The van der Waals surface area contributed by atoms with Crippen molar-refractivity contribution in [1.29, 1.82) is 0 Å². The van der Waals surface area contributed by atoms with Crippen LogP contribution >= 0.6 is 0 Å². The van der Waals surface area contributed by atoms with Crippen LogP contribution in [0.4, 0.5) is 0 Å². The second-order valence-electron chi connectivity index (χ2n) is 4.55. The lowest BCUT2D eigenvalue weighted by molar-refractivity contribution is -0.169. The standard InChI is InChI=1S/C14H22O8/c1-9(15)19-7-5-13(21-11(3)17)14(22-12(4)18)6-8-20-10(2)16/h13-14H,5-8H2,1-4H3. The summed E-state index contributed by atoms with van der Waals surface area (Å²) in [5.74, 6) is -2.05. The third kappa shape index (κ3) is 10.6. The van der Waals surface area contributed by atoms with Gasteiger partial charge >= 0.3 is 23.9 Å². The van der Waals surface area contributed by atoms with Gasteiger partial charge in [0.2, 0.25) is 0 Å². The largest absolute Gasteiger partial charge is 0.466 e. The van der Waals surface area contributed by atoms with Crippen LogP contribution in [0.1, 0.15) is 40.5 Å². The van der Waals surface area contributed by atoms with Crippen LogP contribution in [0.15, 0.2) is 0 Å². The molecule has 0 aliphatic heterocycles. The van der Waals surface area contributed by atoms with Gasteiger partial charge in [-0.2, -0.15) is 0 Å². The molecule has 0 radical (unpaired) electrons. The fourth-order valence-electron chi connectivity index (χ4n) is 1.71. The van der Waals surface area contributed by atoms with Crippen molar-refractivity contribution in [2.45, 2.75) is 52.7 Å². The number of hydrogen-bond acceptors (Lipinski definition) is 8. The first kappa shape index (κ1) is 19.9. The van der Waals surface area contributed by atoms with Crippen LogP contribution in [-0.2, 0) is 38.1 Å². The Hall–Kier alpha value is -2.12. The molecule has 2 atom stereocenters. The second kappa shape index (κ2) is 10.6. The summed E-state index contributed by atoms with van der Waals surface area (Å²) < 4.78 is 19.8. The molecule has 0 heterocycles. The molecule has 8 heteroatoms. The second-order valence-corrected chi connectivity index (χ2v) is 4.55. The van der Waals surface area contributed by atoms with E-state index in [2.05, 4.69) is 0 Å². The van der Waals surface area contributed by atoms with Crippen LogP contribution in [0, 0.1) is 0 Å².